The third kappa shape index (κ3) is 3.66. The highest BCUT2D eigenvalue weighted by Crippen LogP contribution is 2.07. The Morgan fingerprint density at radius 3 is 2.74 bits per heavy atom. The molecule has 0 unspecified atom stereocenters. The molecule has 1 N–H and O–H groups in total. The van der Waals surface area contributed by atoms with Crippen molar-refractivity contribution < 1.29 is 4.74 Å². The Kier molecular flexibility index (Phi) is 4.30. The minimum atomic E-state index is -0.463. The van der Waals surface area contributed by atoms with Crippen molar-refractivity contribution >= 4 is 0 Å². The van der Waals surface area contributed by atoms with E-state index in [1.54, 1.807) is 0 Å². The van der Waals surface area contributed by atoms with Gasteiger partial charge < -0.3 is 4.74 Å². The van der Waals surface area contributed by atoms with Crippen LogP contribution in [0.1, 0.15) is 18.1 Å². The molecule has 0 radical (unpaired) electrons. The molecule has 0 aliphatic heterocycles. The molecule has 0 atom stereocenters. The van der Waals surface area contributed by atoms with E-state index in [2.05, 4.69) is 24.0 Å². The summed E-state index contributed by atoms with van der Waals surface area (Å²) in [6.45, 7) is 2.64. The Balaban J connectivity index is 1.96. The molecule has 0 fully saturated rings. The number of aromatic nitrogens is 2. The number of aryl methyl sites for hydroxylation is 1. The Morgan fingerprint density at radius 1 is 1.21 bits per heavy atom. The minimum Gasteiger partial charge on any atom is -0.356 e. The standard InChI is InChI=1S/C14H16N2O3/c1-2-11-4-3-5-12(8-11)9-19-10-16-7-6-13(17)15-14(16)18/h3-8H,2,9-10H2,1H3,(H,15,17,18). The summed E-state index contributed by atoms with van der Waals surface area (Å²) in [7, 11) is 0. The molecule has 19 heavy (non-hydrogen) atoms. The molecule has 0 aliphatic rings. The van der Waals surface area contributed by atoms with Gasteiger partial charge in [-0.15, -0.1) is 0 Å². The lowest BCUT2D eigenvalue weighted by atomic mass is 10.1. The van der Waals surface area contributed by atoms with Crippen molar-refractivity contribution in [2.75, 3.05) is 0 Å². The van der Waals surface area contributed by atoms with Crippen LogP contribution in [0.15, 0.2) is 46.1 Å². The van der Waals surface area contributed by atoms with Crippen molar-refractivity contribution in [1.82, 2.24) is 9.55 Å². The number of nitrogens with zero attached hydrogens (tertiary/aromatic N) is 1. The van der Waals surface area contributed by atoms with Gasteiger partial charge in [0.15, 0.2) is 0 Å². The molecule has 0 aliphatic carbocycles. The number of nitrogens with one attached hydrogen (secondary N) is 1. The number of aromatic amines is 1. The third-order valence-corrected chi connectivity index (χ3v) is 2.80. The lowest BCUT2D eigenvalue weighted by molar-refractivity contribution is 0.0607. The van der Waals surface area contributed by atoms with Crippen molar-refractivity contribution in [2.24, 2.45) is 0 Å². The molecule has 100 valence electrons. The topological polar surface area (TPSA) is 64.1 Å². The van der Waals surface area contributed by atoms with Crippen LogP contribution in [-0.4, -0.2) is 9.55 Å². The first-order chi connectivity index (χ1) is 9.19. The average Bonchev–Trinajstić information content (AvgIpc) is 2.41. The average molecular weight is 260 g/mol. The quantitative estimate of drug-likeness (QED) is 0.880. The second-order valence-corrected chi connectivity index (χ2v) is 4.23. The van der Waals surface area contributed by atoms with E-state index in [1.165, 1.54) is 22.4 Å². The number of H-pyrrole nitrogens is 1. The maximum atomic E-state index is 11.4. The minimum absolute atomic E-state index is 0.117. The van der Waals surface area contributed by atoms with Gasteiger partial charge in [0.1, 0.15) is 6.73 Å². The van der Waals surface area contributed by atoms with Crippen molar-refractivity contribution in [3.05, 3.63) is 68.5 Å². The molecule has 5 nitrogen and oxygen atoms in total. The first kappa shape index (κ1) is 13.3. The van der Waals surface area contributed by atoms with Gasteiger partial charge in [-0.1, -0.05) is 31.2 Å². The van der Waals surface area contributed by atoms with Gasteiger partial charge >= 0.3 is 5.69 Å². The van der Waals surface area contributed by atoms with Crippen LogP contribution in [0, 0.1) is 0 Å². The van der Waals surface area contributed by atoms with Gasteiger partial charge in [-0.3, -0.25) is 14.3 Å². The largest absolute Gasteiger partial charge is 0.356 e. The zero-order valence-electron chi connectivity index (χ0n) is 10.8. The first-order valence-electron chi connectivity index (χ1n) is 6.14. The van der Waals surface area contributed by atoms with Gasteiger partial charge in [-0.05, 0) is 17.5 Å². The van der Waals surface area contributed by atoms with Crippen molar-refractivity contribution in [3.8, 4) is 0 Å². The molecule has 1 aromatic heterocycles. The molecule has 0 saturated carbocycles. The van der Waals surface area contributed by atoms with Gasteiger partial charge in [0.2, 0.25) is 0 Å². The highest BCUT2D eigenvalue weighted by atomic mass is 16.5. The smallest absolute Gasteiger partial charge is 0.330 e. The number of hydrogen-bond acceptors (Lipinski definition) is 3. The summed E-state index contributed by atoms with van der Waals surface area (Å²) in [4.78, 5) is 24.5. The van der Waals surface area contributed by atoms with E-state index in [0.717, 1.165) is 12.0 Å². The van der Waals surface area contributed by atoms with Crippen molar-refractivity contribution in [3.63, 3.8) is 0 Å². The third-order valence-electron chi connectivity index (χ3n) is 2.80. The molecule has 1 aromatic carbocycles. The molecule has 1 heterocycles. The van der Waals surface area contributed by atoms with E-state index in [0.29, 0.717) is 6.61 Å². The second kappa shape index (κ2) is 6.15. The zero-order valence-corrected chi connectivity index (χ0v) is 10.8. The van der Waals surface area contributed by atoms with Crippen LogP contribution in [0.2, 0.25) is 0 Å². The molecule has 0 bridgehead atoms. The fraction of sp³-hybridized carbons (Fsp3) is 0.286. The van der Waals surface area contributed by atoms with Crippen molar-refractivity contribution in [1.29, 1.82) is 0 Å². The Bertz CT molecular complexity index is 658. The summed E-state index contributed by atoms with van der Waals surface area (Å²) in [5, 5.41) is 0. The highest BCUT2D eigenvalue weighted by molar-refractivity contribution is 5.22. The molecule has 0 amide bonds. The van der Waals surface area contributed by atoms with Gasteiger partial charge in [-0.25, -0.2) is 4.79 Å². The molecule has 2 rings (SSSR count). The lowest BCUT2D eigenvalue weighted by Crippen LogP contribution is -2.29. The van der Waals surface area contributed by atoms with Crippen LogP contribution in [0.3, 0.4) is 0 Å². The zero-order chi connectivity index (χ0) is 13.7. The first-order valence-corrected chi connectivity index (χ1v) is 6.14. The van der Waals surface area contributed by atoms with Gasteiger partial charge in [0.25, 0.3) is 5.56 Å². The van der Waals surface area contributed by atoms with Crippen LogP contribution >= 0.6 is 0 Å². The lowest BCUT2D eigenvalue weighted by Gasteiger charge is -2.07. The van der Waals surface area contributed by atoms with Crippen LogP contribution in [0.5, 0.6) is 0 Å². The predicted octanol–water partition coefficient (Wildman–Crippen LogP) is 1.27. The molecular weight excluding hydrogens is 244 g/mol. The highest BCUT2D eigenvalue weighted by Gasteiger charge is 1.98. The summed E-state index contributed by atoms with van der Waals surface area (Å²) in [5.74, 6) is 0. The summed E-state index contributed by atoms with van der Waals surface area (Å²) in [6.07, 6.45) is 2.40. The Labute approximate surface area is 110 Å². The van der Waals surface area contributed by atoms with E-state index in [1.807, 2.05) is 12.1 Å². The summed E-state index contributed by atoms with van der Waals surface area (Å²) in [5.41, 5.74) is 1.45. The fourth-order valence-electron chi connectivity index (χ4n) is 1.75. The van der Waals surface area contributed by atoms with Gasteiger partial charge in [0.05, 0.1) is 6.61 Å². The Morgan fingerprint density at radius 2 is 2.00 bits per heavy atom. The number of rotatable bonds is 5. The van der Waals surface area contributed by atoms with E-state index in [-0.39, 0.29) is 6.73 Å². The monoisotopic (exact) mass is 260 g/mol. The van der Waals surface area contributed by atoms with Gasteiger partial charge in [0, 0.05) is 12.3 Å². The maximum absolute atomic E-state index is 11.4. The Hall–Kier alpha value is -2.14. The van der Waals surface area contributed by atoms with E-state index in [4.69, 9.17) is 4.74 Å². The molecule has 0 saturated heterocycles. The van der Waals surface area contributed by atoms with Crippen LogP contribution in [0.25, 0.3) is 0 Å². The second-order valence-electron chi connectivity index (χ2n) is 4.23. The SMILES string of the molecule is CCc1cccc(COCn2ccc(=O)[nH]c2=O)c1. The maximum Gasteiger partial charge on any atom is 0.330 e. The van der Waals surface area contributed by atoms with Crippen LogP contribution in [-0.2, 0) is 24.5 Å². The molecule has 5 heteroatoms. The number of ether oxygens (including phenoxy) is 1. The number of hydrogen-bond donors (Lipinski definition) is 1. The van der Waals surface area contributed by atoms with E-state index < -0.39 is 11.2 Å². The summed E-state index contributed by atoms with van der Waals surface area (Å²) < 4.78 is 6.78. The summed E-state index contributed by atoms with van der Waals surface area (Å²) in [6, 6.07) is 9.41. The van der Waals surface area contributed by atoms with Crippen molar-refractivity contribution in [2.45, 2.75) is 26.7 Å². The van der Waals surface area contributed by atoms with Gasteiger partial charge in [-0.2, -0.15) is 0 Å². The molecule has 0 spiro atoms. The van der Waals surface area contributed by atoms with Crippen LogP contribution in [0.4, 0.5) is 0 Å². The summed E-state index contributed by atoms with van der Waals surface area (Å²) >= 11 is 0. The molecule has 2 aromatic rings. The van der Waals surface area contributed by atoms with Crippen LogP contribution < -0.4 is 11.2 Å². The predicted molar refractivity (Wildman–Crippen MR) is 71.9 cm³/mol. The normalized spacial score (nSPS) is 10.6. The molecular formula is C14H16N2O3. The van der Waals surface area contributed by atoms with E-state index >= 15 is 0 Å². The number of benzene rings is 1. The van der Waals surface area contributed by atoms with E-state index in [9.17, 15) is 9.59 Å². The fourth-order valence-corrected chi connectivity index (χ4v) is 1.75.